The minimum absolute atomic E-state index is 0.177. The van der Waals surface area contributed by atoms with Gasteiger partial charge in [0, 0.05) is 31.8 Å². The maximum Gasteiger partial charge on any atom is 0.407 e. The average Bonchev–Trinajstić information content (AvgIpc) is 2.98. The van der Waals surface area contributed by atoms with Gasteiger partial charge in [-0.05, 0) is 40.5 Å². The Kier molecular flexibility index (Phi) is 9.11. The van der Waals surface area contributed by atoms with Crippen molar-refractivity contribution in [2.45, 2.75) is 38.2 Å². The van der Waals surface area contributed by atoms with Crippen molar-refractivity contribution in [1.82, 2.24) is 9.47 Å². The number of aromatic nitrogens is 1. The molecule has 1 aromatic heterocycles. The summed E-state index contributed by atoms with van der Waals surface area (Å²) in [4.78, 5) is 26.2. The van der Waals surface area contributed by atoms with Gasteiger partial charge in [0.05, 0.1) is 38.6 Å². The van der Waals surface area contributed by atoms with E-state index >= 15 is 0 Å². The molecule has 4 aromatic rings. The van der Waals surface area contributed by atoms with Gasteiger partial charge in [0.25, 0.3) is 5.56 Å². The normalized spacial score (nSPS) is 17.1. The van der Waals surface area contributed by atoms with Crippen LogP contribution in [0, 0.1) is 0 Å². The van der Waals surface area contributed by atoms with E-state index in [9.17, 15) is 14.7 Å². The third-order valence-electron chi connectivity index (χ3n) is 7.16. The number of benzene rings is 3. The van der Waals surface area contributed by atoms with Gasteiger partial charge >= 0.3 is 6.09 Å². The molecule has 5 rings (SSSR count). The molecule has 0 radical (unpaired) electrons. The predicted molar refractivity (Wildman–Crippen MR) is 153 cm³/mol. The van der Waals surface area contributed by atoms with Crippen LogP contribution in [0.2, 0.25) is 0 Å². The van der Waals surface area contributed by atoms with E-state index in [0.717, 1.165) is 21.9 Å². The molecule has 1 fully saturated rings. The third-order valence-corrected chi connectivity index (χ3v) is 7.16. The molecule has 1 saturated heterocycles. The topological polar surface area (TPSA) is 90.2 Å². The standard InChI is InChI=1S/C32H34N2O6/c35-31-20-28(39-18-6-17-38-22-24-7-2-1-3-8-24)13-16-34(31)29-21-33(32(36)37)15-14-30(29)40-23-25-11-12-26-9-4-5-10-27(26)19-25/h1-5,7-13,16,19-20,29-30H,6,14-15,17-18,21-23H2,(H,36,37). The molecule has 1 aliphatic rings. The number of rotatable bonds is 11. The lowest BCUT2D eigenvalue weighted by molar-refractivity contribution is -0.0338. The SMILES string of the molecule is O=C(O)N1CCC(OCc2ccc3ccccc3c2)C(n2ccc(OCCCOCc3ccccc3)cc2=O)C1. The fourth-order valence-corrected chi connectivity index (χ4v) is 5.03. The summed E-state index contributed by atoms with van der Waals surface area (Å²) >= 11 is 0. The first-order chi connectivity index (χ1) is 19.6. The first-order valence-corrected chi connectivity index (χ1v) is 13.6. The van der Waals surface area contributed by atoms with Crippen molar-refractivity contribution in [3.05, 3.63) is 113 Å². The van der Waals surface area contributed by atoms with Crippen molar-refractivity contribution in [3.8, 4) is 5.75 Å². The smallest absolute Gasteiger partial charge is 0.407 e. The molecular weight excluding hydrogens is 508 g/mol. The van der Waals surface area contributed by atoms with E-state index in [4.69, 9.17) is 14.2 Å². The van der Waals surface area contributed by atoms with Crippen LogP contribution in [0.3, 0.4) is 0 Å². The molecule has 1 amide bonds. The highest BCUT2D eigenvalue weighted by atomic mass is 16.5. The molecule has 0 spiro atoms. The number of nitrogens with zero attached hydrogens (tertiary/aromatic N) is 2. The molecule has 1 aliphatic heterocycles. The molecule has 1 N–H and O–H groups in total. The minimum atomic E-state index is -1.000. The Morgan fingerprint density at radius 3 is 2.48 bits per heavy atom. The van der Waals surface area contributed by atoms with E-state index in [1.54, 1.807) is 16.8 Å². The monoisotopic (exact) mass is 542 g/mol. The van der Waals surface area contributed by atoms with E-state index < -0.39 is 12.1 Å². The molecule has 2 atom stereocenters. The molecule has 0 saturated carbocycles. The van der Waals surface area contributed by atoms with Crippen molar-refractivity contribution < 1.29 is 24.1 Å². The van der Waals surface area contributed by atoms with Crippen LogP contribution in [0.15, 0.2) is 95.9 Å². The molecular formula is C32H34N2O6. The van der Waals surface area contributed by atoms with Gasteiger partial charge < -0.3 is 28.8 Å². The summed E-state index contributed by atoms with van der Waals surface area (Å²) in [6, 6.07) is 27.1. The molecule has 8 nitrogen and oxygen atoms in total. The quantitative estimate of drug-likeness (QED) is 0.252. The number of amides is 1. The number of fused-ring (bicyclic) bond motifs is 1. The van der Waals surface area contributed by atoms with E-state index in [2.05, 4.69) is 24.3 Å². The molecule has 8 heteroatoms. The van der Waals surface area contributed by atoms with Gasteiger partial charge in [0.1, 0.15) is 5.75 Å². The number of piperidine rings is 1. The van der Waals surface area contributed by atoms with Gasteiger partial charge in [-0.1, -0.05) is 66.7 Å². The number of carbonyl (C=O) groups is 1. The van der Waals surface area contributed by atoms with Gasteiger partial charge in [-0.15, -0.1) is 0 Å². The minimum Gasteiger partial charge on any atom is -0.493 e. The molecule has 208 valence electrons. The first-order valence-electron chi connectivity index (χ1n) is 13.6. The van der Waals surface area contributed by atoms with Gasteiger partial charge in [-0.2, -0.15) is 0 Å². The van der Waals surface area contributed by atoms with Crippen LogP contribution in [0.4, 0.5) is 4.79 Å². The summed E-state index contributed by atoms with van der Waals surface area (Å²) in [5, 5.41) is 11.9. The lowest BCUT2D eigenvalue weighted by Crippen LogP contribution is -2.49. The van der Waals surface area contributed by atoms with E-state index in [-0.39, 0.29) is 18.2 Å². The fraction of sp³-hybridized carbons (Fsp3) is 0.312. The van der Waals surface area contributed by atoms with Crippen LogP contribution >= 0.6 is 0 Å². The number of hydrogen-bond donors (Lipinski definition) is 1. The second-order valence-corrected chi connectivity index (χ2v) is 9.96. The highest BCUT2D eigenvalue weighted by Crippen LogP contribution is 2.26. The fourth-order valence-electron chi connectivity index (χ4n) is 5.03. The van der Waals surface area contributed by atoms with Crippen LogP contribution in [0.25, 0.3) is 10.8 Å². The molecule has 40 heavy (non-hydrogen) atoms. The number of pyridine rings is 1. The molecule has 3 aromatic carbocycles. The summed E-state index contributed by atoms with van der Waals surface area (Å²) in [6.07, 6.45) is 1.55. The zero-order valence-corrected chi connectivity index (χ0v) is 22.4. The number of hydrogen-bond acceptors (Lipinski definition) is 5. The lowest BCUT2D eigenvalue weighted by atomic mass is 10.0. The summed E-state index contributed by atoms with van der Waals surface area (Å²) in [7, 11) is 0. The highest BCUT2D eigenvalue weighted by Gasteiger charge is 2.34. The van der Waals surface area contributed by atoms with Gasteiger partial charge in [0.15, 0.2) is 0 Å². The lowest BCUT2D eigenvalue weighted by Gasteiger charge is -2.38. The third kappa shape index (κ3) is 7.08. The number of ether oxygens (including phenoxy) is 3. The Hall–Kier alpha value is -4.14. The Bertz CT molecular complexity index is 1470. The highest BCUT2D eigenvalue weighted by molar-refractivity contribution is 5.82. The second-order valence-electron chi connectivity index (χ2n) is 9.96. The second kappa shape index (κ2) is 13.3. The maximum absolute atomic E-state index is 13.1. The van der Waals surface area contributed by atoms with Gasteiger partial charge in [0.2, 0.25) is 0 Å². The number of likely N-dealkylation sites (tertiary alicyclic amines) is 1. The Balaban J connectivity index is 1.19. The van der Waals surface area contributed by atoms with Crippen molar-refractivity contribution in [1.29, 1.82) is 0 Å². The van der Waals surface area contributed by atoms with Crippen LogP contribution < -0.4 is 10.3 Å². The Morgan fingerprint density at radius 1 is 0.875 bits per heavy atom. The van der Waals surface area contributed by atoms with Crippen molar-refractivity contribution in [3.63, 3.8) is 0 Å². The number of carboxylic acid groups (broad SMARTS) is 1. The summed E-state index contributed by atoms with van der Waals surface area (Å²) in [6.45, 7) is 2.44. The average molecular weight is 543 g/mol. The Morgan fingerprint density at radius 2 is 1.68 bits per heavy atom. The van der Waals surface area contributed by atoms with Gasteiger partial charge in [-0.25, -0.2) is 4.79 Å². The molecule has 2 unspecified atom stereocenters. The summed E-state index contributed by atoms with van der Waals surface area (Å²) in [5.41, 5.74) is 1.90. The first kappa shape index (κ1) is 27.4. The van der Waals surface area contributed by atoms with Gasteiger partial charge in [-0.3, -0.25) is 4.79 Å². The molecule has 0 aliphatic carbocycles. The zero-order valence-electron chi connectivity index (χ0n) is 22.4. The van der Waals surface area contributed by atoms with Crippen molar-refractivity contribution >= 4 is 16.9 Å². The maximum atomic E-state index is 13.1. The zero-order chi connectivity index (χ0) is 27.7. The molecule has 2 heterocycles. The predicted octanol–water partition coefficient (Wildman–Crippen LogP) is 5.50. The van der Waals surface area contributed by atoms with E-state index in [1.807, 2.05) is 48.5 Å². The van der Waals surface area contributed by atoms with Crippen LogP contribution in [-0.4, -0.2) is 53.1 Å². The summed E-state index contributed by atoms with van der Waals surface area (Å²) in [5.74, 6) is 0.476. The van der Waals surface area contributed by atoms with Crippen molar-refractivity contribution in [2.75, 3.05) is 26.3 Å². The van der Waals surface area contributed by atoms with Crippen LogP contribution in [-0.2, 0) is 22.7 Å². The summed E-state index contributed by atoms with van der Waals surface area (Å²) < 4.78 is 19.3. The van der Waals surface area contributed by atoms with E-state index in [0.29, 0.717) is 51.6 Å². The molecule has 0 bridgehead atoms. The van der Waals surface area contributed by atoms with Crippen LogP contribution in [0.5, 0.6) is 5.75 Å². The van der Waals surface area contributed by atoms with Crippen molar-refractivity contribution in [2.24, 2.45) is 0 Å². The Labute approximate surface area is 233 Å². The van der Waals surface area contributed by atoms with Crippen LogP contribution in [0.1, 0.15) is 30.0 Å². The largest absolute Gasteiger partial charge is 0.493 e. The van der Waals surface area contributed by atoms with E-state index in [1.165, 1.54) is 11.0 Å².